The Labute approximate surface area is 168 Å². The Morgan fingerprint density at radius 2 is 1.66 bits per heavy atom. The van der Waals surface area contributed by atoms with Crippen molar-refractivity contribution in [3.05, 3.63) is 70.3 Å². The van der Waals surface area contributed by atoms with E-state index < -0.39 is 11.6 Å². The molecule has 1 aromatic heterocycles. The molecule has 3 rings (SSSR count). The van der Waals surface area contributed by atoms with Crippen LogP contribution in [-0.4, -0.2) is 29.8 Å². The van der Waals surface area contributed by atoms with Crippen LogP contribution in [0.1, 0.15) is 11.1 Å². The lowest BCUT2D eigenvalue weighted by molar-refractivity contribution is 0.262. The first kappa shape index (κ1) is 19.9. The first-order chi connectivity index (χ1) is 13.9. The van der Waals surface area contributed by atoms with Crippen LogP contribution < -0.4 is 25.7 Å². The molecular weight excluding hydrogens is 372 g/mol. The summed E-state index contributed by atoms with van der Waals surface area (Å²) in [6.07, 6.45) is 3.02. The minimum absolute atomic E-state index is 0.0851. The Morgan fingerprint density at radius 3 is 2.28 bits per heavy atom. The molecule has 2 amide bonds. The Balaban J connectivity index is 1.83. The zero-order chi connectivity index (χ0) is 21.0. The highest BCUT2D eigenvalue weighted by Crippen LogP contribution is 2.25. The van der Waals surface area contributed by atoms with Gasteiger partial charge >= 0.3 is 6.03 Å². The number of benzene rings is 2. The second kappa shape index (κ2) is 8.47. The molecule has 0 atom stereocenters. The minimum Gasteiger partial charge on any atom is -0.497 e. The number of urea groups is 1. The molecule has 0 radical (unpaired) electrons. The molecule has 29 heavy (non-hydrogen) atoms. The first-order valence-electron chi connectivity index (χ1n) is 8.87. The second-order valence-electron chi connectivity index (χ2n) is 6.40. The molecule has 3 aromatic rings. The van der Waals surface area contributed by atoms with E-state index in [4.69, 9.17) is 9.47 Å². The third-order valence-electron chi connectivity index (χ3n) is 4.45. The van der Waals surface area contributed by atoms with Gasteiger partial charge in [0.25, 0.3) is 5.56 Å². The Morgan fingerprint density at radius 1 is 0.966 bits per heavy atom. The van der Waals surface area contributed by atoms with Crippen molar-refractivity contribution >= 4 is 17.5 Å². The van der Waals surface area contributed by atoms with Gasteiger partial charge in [-0.2, -0.15) is 0 Å². The summed E-state index contributed by atoms with van der Waals surface area (Å²) in [6.45, 7) is 3.97. The second-order valence-corrected chi connectivity index (χ2v) is 6.40. The van der Waals surface area contributed by atoms with E-state index in [-0.39, 0.29) is 5.82 Å². The Kier molecular flexibility index (Phi) is 5.82. The van der Waals surface area contributed by atoms with Gasteiger partial charge < -0.3 is 14.8 Å². The molecule has 0 unspecified atom stereocenters. The van der Waals surface area contributed by atoms with E-state index in [0.29, 0.717) is 22.9 Å². The van der Waals surface area contributed by atoms with Crippen LogP contribution in [0.5, 0.6) is 11.5 Å². The van der Waals surface area contributed by atoms with Crippen LogP contribution in [0.4, 0.5) is 16.3 Å². The number of ether oxygens (including phenoxy) is 2. The zero-order valence-electron chi connectivity index (χ0n) is 16.6. The number of methoxy groups -OCH3 is 2. The van der Waals surface area contributed by atoms with E-state index in [1.807, 2.05) is 32.0 Å². The van der Waals surface area contributed by atoms with E-state index in [9.17, 15) is 9.59 Å². The van der Waals surface area contributed by atoms with Crippen LogP contribution in [0.15, 0.2) is 53.6 Å². The Hall–Kier alpha value is -3.81. The van der Waals surface area contributed by atoms with Gasteiger partial charge in [0.2, 0.25) is 5.82 Å². The van der Waals surface area contributed by atoms with Crippen molar-refractivity contribution in [2.75, 3.05) is 24.9 Å². The van der Waals surface area contributed by atoms with Crippen LogP contribution in [0.2, 0.25) is 0 Å². The summed E-state index contributed by atoms with van der Waals surface area (Å²) < 4.78 is 11.8. The summed E-state index contributed by atoms with van der Waals surface area (Å²) in [7, 11) is 3.03. The number of aromatic nitrogens is 2. The number of nitrogens with one attached hydrogen (secondary N) is 2. The van der Waals surface area contributed by atoms with Crippen molar-refractivity contribution in [1.29, 1.82) is 0 Å². The molecule has 2 aromatic carbocycles. The zero-order valence-corrected chi connectivity index (χ0v) is 16.6. The molecule has 0 spiro atoms. The fourth-order valence-corrected chi connectivity index (χ4v) is 2.73. The van der Waals surface area contributed by atoms with E-state index in [1.54, 1.807) is 24.4 Å². The highest BCUT2D eigenvalue weighted by molar-refractivity contribution is 5.99. The molecule has 0 aliphatic carbocycles. The number of hydrogen-bond donors (Lipinski definition) is 2. The molecule has 0 bridgehead atoms. The molecule has 2 N–H and O–H groups in total. The van der Waals surface area contributed by atoms with Crippen LogP contribution in [0.3, 0.4) is 0 Å². The van der Waals surface area contributed by atoms with E-state index >= 15 is 0 Å². The van der Waals surface area contributed by atoms with Crippen molar-refractivity contribution in [3.63, 3.8) is 0 Å². The fourth-order valence-electron chi connectivity index (χ4n) is 2.73. The molecule has 8 nitrogen and oxygen atoms in total. The molecule has 0 aliphatic heterocycles. The lowest BCUT2D eigenvalue weighted by atomic mass is 10.1. The predicted octanol–water partition coefficient (Wildman–Crippen LogP) is 3.51. The topological polar surface area (TPSA) is 94.5 Å². The van der Waals surface area contributed by atoms with Gasteiger partial charge in [-0.05, 0) is 37.1 Å². The van der Waals surface area contributed by atoms with Gasteiger partial charge in [-0.15, -0.1) is 0 Å². The number of rotatable bonds is 5. The highest BCUT2D eigenvalue weighted by atomic mass is 16.5. The van der Waals surface area contributed by atoms with Gasteiger partial charge in [0, 0.05) is 42.0 Å². The first-order valence-corrected chi connectivity index (χ1v) is 8.87. The lowest BCUT2D eigenvalue weighted by Gasteiger charge is -2.12. The largest absolute Gasteiger partial charge is 0.497 e. The van der Waals surface area contributed by atoms with Crippen molar-refractivity contribution in [3.8, 4) is 17.2 Å². The standard InChI is InChI=1S/C21H22N4O4/c1-13-5-6-16(9-14(13)2)25-8-7-22-19(20(25)26)24-21(27)23-15-10-17(28-3)12-18(11-15)29-4/h5-12H,1-4H3,(H2,22,23,24,27). The van der Waals surface area contributed by atoms with Crippen LogP contribution in [0, 0.1) is 13.8 Å². The normalized spacial score (nSPS) is 10.3. The van der Waals surface area contributed by atoms with Crippen molar-refractivity contribution in [2.45, 2.75) is 13.8 Å². The number of nitrogens with zero attached hydrogens (tertiary/aromatic N) is 2. The average molecular weight is 394 g/mol. The fraction of sp³-hybridized carbons (Fsp3) is 0.190. The summed E-state index contributed by atoms with van der Waals surface area (Å²) >= 11 is 0. The molecule has 8 heteroatoms. The maximum absolute atomic E-state index is 12.8. The number of carbonyl (C=O) groups excluding carboxylic acids is 1. The maximum atomic E-state index is 12.8. The van der Waals surface area contributed by atoms with Crippen LogP contribution in [0.25, 0.3) is 5.69 Å². The summed E-state index contributed by atoms with van der Waals surface area (Å²) in [5.41, 5.74) is 2.90. The third-order valence-corrected chi connectivity index (χ3v) is 4.45. The molecule has 0 fully saturated rings. The maximum Gasteiger partial charge on any atom is 0.325 e. The summed E-state index contributed by atoms with van der Waals surface area (Å²) in [5.74, 6) is 0.960. The number of aryl methyl sites for hydroxylation is 2. The lowest BCUT2D eigenvalue weighted by Crippen LogP contribution is -2.28. The highest BCUT2D eigenvalue weighted by Gasteiger charge is 2.12. The van der Waals surface area contributed by atoms with Crippen molar-refractivity contribution in [1.82, 2.24) is 9.55 Å². The van der Waals surface area contributed by atoms with E-state index in [1.165, 1.54) is 25.0 Å². The molecule has 0 aliphatic rings. The van der Waals surface area contributed by atoms with Crippen LogP contribution in [-0.2, 0) is 0 Å². The number of hydrogen-bond acceptors (Lipinski definition) is 5. The van der Waals surface area contributed by atoms with Crippen molar-refractivity contribution < 1.29 is 14.3 Å². The monoisotopic (exact) mass is 394 g/mol. The van der Waals surface area contributed by atoms with Crippen LogP contribution >= 0.6 is 0 Å². The molecule has 0 saturated carbocycles. The number of amides is 2. The van der Waals surface area contributed by atoms with E-state index in [2.05, 4.69) is 15.6 Å². The smallest absolute Gasteiger partial charge is 0.325 e. The summed E-state index contributed by atoms with van der Waals surface area (Å²) in [6, 6.07) is 10.0. The molecular formula is C21H22N4O4. The van der Waals surface area contributed by atoms with Gasteiger partial charge in [-0.25, -0.2) is 9.78 Å². The SMILES string of the molecule is COc1cc(NC(=O)Nc2nccn(-c3ccc(C)c(C)c3)c2=O)cc(OC)c1. The molecule has 150 valence electrons. The summed E-state index contributed by atoms with van der Waals surface area (Å²) in [5, 5.41) is 5.14. The number of carbonyl (C=O) groups is 1. The Bertz CT molecular complexity index is 1090. The van der Waals surface area contributed by atoms with Gasteiger partial charge in [0.15, 0.2) is 0 Å². The average Bonchev–Trinajstić information content (AvgIpc) is 2.71. The van der Waals surface area contributed by atoms with Crippen molar-refractivity contribution in [2.24, 2.45) is 0 Å². The van der Waals surface area contributed by atoms with Gasteiger partial charge in [-0.3, -0.25) is 14.7 Å². The van der Waals surface area contributed by atoms with Gasteiger partial charge in [-0.1, -0.05) is 6.07 Å². The third kappa shape index (κ3) is 4.55. The summed E-state index contributed by atoms with van der Waals surface area (Å²) in [4.78, 5) is 29.2. The number of anilines is 2. The molecule has 0 saturated heterocycles. The van der Waals surface area contributed by atoms with Gasteiger partial charge in [0.05, 0.1) is 14.2 Å². The van der Waals surface area contributed by atoms with Gasteiger partial charge in [0.1, 0.15) is 11.5 Å². The predicted molar refractivity (Wildman–Crippen MR) is 111 cm³/mol. The minimum atomic E-state index is -0.609. The molecule has 1 heterocycles. The van der Waals surface area contributed by atoms with E-state index in [0.717, 1.165) is 11.1 Å². The quantitative estimate of drug-likeness (QED) is 0.691.